The Morgan fingerprint density at radius 1 is 1.35 bits per heavy atom. The van der Waals surface area contributed by atoms with Gasteiger partial charge in [-0.05, 0) is 11.1 Å². The van der Waals surface area contributed by atoms with Gasteiger partial charge in [0.05, 0.1) is 24.6 Å². The van der Waals surface area contributed by atoms with Crippen molar-refractivity contribution in [2.45, 2.75) is 12.7 Å². The van der Waals surface area contributed by atoms with Crippen LogP contribution >= 0.6 is 0 Å². The van der Waals surface area contributed by atoms with Crippen molar-refractivity contribution in [3.8, 4) is 11.3 Å². The zero-order valence-corrected chi connectivity index (χ0v) is 9.34. The average Bonchev–Trinajstić information content (AvgIpc) is 2.82. The van der Waals surface area contributed by atoms with Crippen molar-refractivity contribution in [2.24, 2.45) is 5.73 Å². The van der Waals surface area contributed by atoms with E-state index in [2.05, 4.69) is 16.0 Å². The van der Waals surface area contributed by atoms with Crippen molar-refractivity contribution in [2.75, 3.05) is 6.54 Å². The molecule has 0 saturated carbocycles. The van der Waals surface area contributed by atoms with Crippen LogP contribution < -0.4 is 5.73 Å². The number of nitrogens with zero attached hydrogens (tertiary/aromatic N) is 2. The van der Waals surface area contributed by atoms with Crippen LogP contribution in [0.2, 0.25) is 0 Å². The summed E-state index contributed by atoms with van der Waals surface area (Å²) in [7, 11) is 0. The number of fused-ring (bicyclic) bond motifs is 1. The topological polar surface area (TPSA) is 61.0 Å². The number of nitrogens with two attached hydrogens (primary N) is 1. The molecule has 0 radical (unpaired) electrons. The Morgan fingerprint density at radius 2 is 2.29 bits per heavy atom. The van der Waals surface area contributed by atoms with Crippen LogP contribution in [0.5, 0.6) is 0 Å². The fourth-order valence-corrected chi connectivity index (χ4v) is 2.21. The van der Waals surface area contributed by atoms with E-state index in [1.54, 1.807) is 18.6 Å². The van der Waals surface area contributed by atoms with Gasteiger partial charge < -0.3 is 10.5 Å². The molecule has 4 heteroatoms. The summed E-state index contributed by atoms with van der Waals surface area (Å²) in [6, 6.07) is 6.13. The summed E-state index contributed by atoms with van der Waals surface area (Å²) in [5.74, 6) is 0. The second-order valence-electron chi connectivity index (χ2n) is 4.00. The molecule has 1 aliphatic heterocycles. The third-order valence-corrected chi connectivity index (χ3v) is 3.04. The monoisotopic (exact) mass is 227 g/mol. The standard InChI is InChI=1S/C13H13N3O/c14-6-13-10-3-1-2-9(11(10)8-17-13)12-7-15-4-5-16-12/h1-5,7,13H,6,8,14H2. The second-order valence-corrected chi connectivity index (χ2v) is 4.00. The van der Waals surface area contributed by atoms with Gasteiger partial charge in [0.15, 0.2) is 0 Å². The SMILES string of the molecule is NCC1OCc2c(-c3cnccn3)cccc21. The second kappa shape index (κ2) is 4.24. The van der Waals surface area contributed by atoms with Crippen molar-refractivity contribution in [1.29, 1.82) is 0 Å². The van der Waals surface area contributed by atoms with Crippen molar-refractivity contribution < 1.29 is 4.74 Å². The van der Waals surface area contributed by atoms with Gasteiger partial charge >= 0.3 is 0 Å². The summed E-state index contributed by atoms with van der Waals surface area (Å²) in [6.45, 7) is 1.11. The predicted molar refractivity (Wildman–Crippen MR) is 64.1 cm³/mol. The zero-order chi connectivity index (χ0) is 11.7. The number of benzene rings is 1. The van der Waals surface area contributed by atoms with Gasteiger partial charge in [-0.2, -0.15) is 0 Å². The lowest BCUT2D eigenvalue weighted by Crippen LogP contribution is -2.10. The summed E-state index contributed by atoms with van der Waals surface area (Å²) < 4.78 is 5.66. The maximum atomic E-state index is 5.68. The van der Waals surface area contributed by atoms with Gasteiger partial charge in [-0.15, -0.1) is 0 Å². The van der Waals surface area contributed by atoms with E-state index >= 15 is 0 Å². The Kier molecular flexibility index (Phi) is 2.59. The lowest BCUT2D eigenvalue weighted by atomic mass is 9.98. The van der Waals surface area contributed by atoms with Crippen LogP contribution in [0.25, 0.3) is 11.3 Å². The summed E-state index contributed by atoms with van der Waals surface area (Å²) in [5.41, 5.74) is 10.0. The quantitative estimate of drug-likeness (QED) is 0.847. The first-order chi connectivity index (χ1) is 8.40. The minimum absolute atomic E-state index is 0.0154. The van der Waals surface area contributed by atoms with Crippen LogP contribution in [0.1, 0.15) is 17.2 Å². The van der Waals surface area contributed by atoms with E-state index in [1.807, 2.05) is 12.1 Å². The highest BCUT2D eigenvalue weighted by atomic mass is 16.5. The minimum Gasteiger partial charge on any atom is -0.367 e. The molecule has 1 atom stereocenters. The molecule has 17 heavy (non-hydrogen) atoms. The lowest BCUT2D eigenvalue weighted by molar-refractivity contribution is 0.0724. The molecule has 2 aromatic rings. The molecule has 0 amide bonds. The van der Waals surface area contributed by atoms with Crippen molar-refractivity contribution >= 4 is 0 Å². The van der Waals surface area contributed by atoms with E-state index in [0.29, 0.717) is 13.2 Å². The molecule has 2 heterocycles. The van der Waals surface area contributed by atoms with Crippen LogP contribution in [0.15, 0.2) is 36.8 Å². The van der Waals surface area contributed by atoms with E-state index in [0.717, 1.165) is 11.3 Å². The van der Waals surface area contributed by atoms with Crippen LogP contribution in [0.4, 0.5) is 0 Å². The van der Waals surface area contributed by atoms with Crippen molar-refractivity contribution in [1.82, 2.24) is 9.97 Å². The molecule has 0 saturated heterocycles. The van der Waals surface area contributed by atoms with Crippen LogP contribution in [0.3, 0.4) is 0 Å². The molecular formula is C13H13N3O. The first-order valence-electron chi connectivity index (χ1n) is 5.60. The third-order valence-electron chi connectivity index (χ3n) is 3.04. The van der Waals surface area contributed by atoms with Crippen molar-refractivity contribution in [3.05, 3.63) is 47.9 Å². The molecule has 1 aromatic heterocycles. The predicted octanol–water partition coefficient (Wildman–Crippen LogP) is 1.67. The van der Waals surface area contributed by atoms with E-state index in [-0.39, 0.29) is 6.10 Å². The molecule has 3 rings (SSSR count). The smallest absolute Gasteiger partial charge is 0.0955 e. The number of hydrogen-bond donors (Lipinski definition) is 1. The zero-order valence-electron chi connectivity index (χ0n) is 9.34. The fourth-order valence-electron chi connectivity index (χ4n) is 2.21. The Hall–Kier alpha value is -1.78. The molecule has 0 spiro atoms. The number of aromatic nitrogens is 2. The molecule has 0 fully saturated rings. The van der Waals surface area contributed by atoms with Gasteiger partial charge in [-0.25, -0.2) is 0 Å². The minimum atomic E-state index is 0.0154. The van der Waals surface area contributed by atoms with Crippen LogP contribution in [-0.4, -0.2) is 16.5 Å². The lowest BCUT2D eigenvalue weighted by Gasteiger charge is -2.08. The highest BCUT2D eigenvalue weighted by Gasteiger charge is 2.24. The molecule has 1 aromatic carbocycles. The molecular weight excluding hydrogens is 214 g/mol. The average molecular weight is 227 g/mol. The maximum Gasteiger partial charge on any atom is 0.0955 e. The largest absolute Gasteiger partial charge is 0.367 e. The molecule has 4 nitrogen and oxygen atoms in total. The van der Waals surface area contributed by atoms with Gasteiger partial charge in [-0.1, -0.05) is 18.2 Å². The molecule has 0 bridgehead atoms. The highest BCUT2D eigenvalue weighted by molar-refractivity contribution is 5.65. The van der Waals surface area contributed by atoms with Gasteiger partial charge in [0, 0.05) is 24.5 Å². The highest BCUT2D eigenvalue weighted by Crippen LogP contribution is 2.35. The Bertz CT molecular complexity index is 527. The molecule has 2 N–H and O–H groups in total. The number of ether oxygens (including phenoxy) is 1. The molecule has 86 valence electrons. The van der Waals surface area contributed by atoms with E-state index in [4.69, 9.17) is 10.5 Å². The number of hydrogen-bond acceptors (Lipinski definition) is 4. The van der Waals surface area contributed by atoms with Crippen LogP contribution in [-0.2, 0) is 11.3 Å². The summed E-state index contributed by atoms with van der Waals surface area (Å²) in [4.78, 5) is 8.43. The van der Waals surface area contributed by atoms with Crippen molar-refractivity contribution in [3.63, 3.8) is 0 Å². The first kappa shape index (κ1) is 10.4. The van der Waals surface area contributed by atoms with E-state index in [1.165, 1.54) is 11.1 Å². The maximum absolute atomic E-state index is 5.68. The number of rotatable bonds is 2. The van der Waals surface area contributed by atoms with Gasteiger partial charge in [0.1, 0.15) is 0 Å². The third kappa shape index (κ3) is 1.71. The van der Waals surface area contributed by atoms with E-state index < -0.39 is 0 Å². The Morgan fingerprint density at radius 3 is 3.06 bits per heavy atom. The summed E-state index contributed by atoms with van der Waals surface area (Å²) >= 11 is 0. The Labute approximate surface area is 99.5 Å². The molecule has 1 unspecified atom stereocenters. The summed E-state index contributed by atoms with van der Waals surface area (Å²) in [5, 5.41) is 0. The van der Waals surface area contributed by atoms with E-state index in [9.17, 15) is 0 Å². The molecule has 0 aliphatic carbocycles. The Balaban J connectivity index is 2.12. The molecule has 1 aliphatic rings. The van der Waals surface area contributed by atoms with Gasteiger partial charge in [0.2, 0.25) is 0 Å². The summed E-state index contributed by atoms with van der Waals surface area (Å²) in [6.07, 6.45) is 5.16. The van der Waals surface area contributed by atoms with Gasteiger partial charge in [0.25, 0.3) is 0 Å². The van der Waals surface area contributed by atoms with Gasteiger partial charge in [-0.3, -0.25) is 9.97 Å². The fraction of sp³-hybridized carbons (Fsp3) is 0.231. The van der Waals surface area contributed by atoms with Crippen LogP contribution in [0, 0.1) is 0 Å². The normalized spacial score (nSPS) is 18.1. The first-order valence-corrected chi connectivity index (χ1v) is 5.60.